The van der Waals surface area contributed by atoms with E-state index >= 15 is 0 Å². The molecular weight excluding hydrogens is 306 g/mol. The van der Waals surface area contributed by atoms with Gasteiger partial charge in [0, 0.05) is 19.8 Å². The Morgan fingerprint density at radius 1 is 1.26 bits per heavy atom. The molecular formula is C15H18F2N4O2. The first-order valence-corrected chi connectivity index (χ1v) is 7.07. The van der Waals surface area contributed by atoms with Crippen molar-refractivity contribution in [2.75, 3.05) is 6.54 Å². The number of hydrogen-bond acceptors (Lipinski definition) is 3. The van der Waals surface area contributed by atoms with Crippen molar-refractivity contribution < 1.29 is 18.3 Å². The molecule has 0 saturated heterocycles. The van der Waals surface area contributed by atoms with E-state index in [9.17, 15) is 13.6 Å². The summed E-state index contributed by atoms with van der Waals surface area (Å²) in [6.07, 6.45) is 2.25. The number of nitrogens with one attached hydrogen (secondary N) is 2. The van der Waals surface area contributed by atoms with E-state index in [-0.39, 0.29) is 11.8 Å². The SMILES string of the molecule is Cn1nccc1CNC(=O)NCCc1ccc(OC(F)F)cc1. The molecule has 0 aliphatic rings. The van der Waals surface area contributed by atoms with Gasteiger partial charge in [-0.05, 0) is 30.2 Å². The lowest BCUT2D eigenvalue weighted by molar-refractivity contribution is -0.0498. The van der Waals surface area contributed by atoms with E-state index in [1.165, 1.54) is 12.1 Å². The van der Waals surface area contributed by atoms with E-state index in [2.05, 4.69) is 20.5 Å². The molecule has 2 amide bonds. The van der Waals surface area contributed by atoms with Crippen LogP contribution in [0.5, 0.6) is 5.75 Å². The van der Waals surface area contributed by atoms with E-state index < -0.39 is 6.61 Å². The summed E-state index contributed by atoms with van der Waals surface area (Å²) < 4.78 is 30.0. The number of rotatable bonds is 7. The molecule has 23 heavy (non-hydrogen) atoms. The van der Waals surface area contributed by atoms with Gasteiger partial charge in [0.25, 0.3) is 0 Å². The molecule has 8 heteroatoms. The smallest absolute Gasteiger partial charge is 0.387 e. The van der Waals surface area contributed by atoms with Gasteiger partial charge in [-0.25, -0.2) is 4.79 Å². The summed E-state index contributed by atoms with van der Waals surface area (Å²) in [5.74, 6) is 0.116. The lowest BCUT2D eigenvalue weighted by atomic mass is 10.1. The van der Waals surface area contributed by atoms with Crippen LogP contribution in [0.1, 0.15) is 11.3 Å². The zero-order valence-corrected chi connectivity index (χ0v) is 12.6. The minimum atomic E-state index is -2.83. The van der Waals surface area contributed by atoms with Crippen LogP contribution < -0.4 is 15.4 Å². The van der Waals surface area contributed by atoms with Gasteiger partial charge in [-0.15, -0.1) is 0 Å². The molecule has 0 atom stereocenters. The molecule has 1 aromatic carbocycles. The van der Waals surface area contributed by atoms with Crippen molar-refractivity contribution in [2.24, 2.45) is 7.05 Å². The van der Waals surface area contributed by atoms with Crippen molar-refractivity contribution in [1.29, 1.82) is 0 Å². The fraction of sp³-hybridized carbons (Fsp3) is 0.333. The van der Waals surface area contributed by atoms with Crippen LogP contribution in [-0.4, -0.2) is 29.0 Å². The maximum absolute atomic E-state index is 12.0. The molecule has 2 rings (SSSR count). The molecule has 0 spiro atoms. The second-order valence-corrected chi connectivity index (χ2v) is 4.83. The lowest BCUT2D eigenvalue weighted by Crippen LogP contribution is -2.36. The standard InChI is InChI=1S/C15H18F2N4O2/c1-21-12(7-9-20-21)10-19-15(22)18-8-6-11-2-4-13(5-3-11)23-14(16)17/h2-5,7,9,14H,6,8,10H2,1H3,(H2,18,19,22). The molecule has 0 bridgehead atoms. The van der Waals surface area contributed by atoms with Crippen molar-refractivity contribution >= 4 is 6.03 Å². The number of urea groups is 1. The highest BCUT2D eigenvalue weighted by Crippen LogP contribution is 2.14. The number of benzene rings is 1. The van der Waals surface area contributed by atoms with Crippen molar-refractivity contribution in [1.82, 2.24) is 20.4 Å². The topological polar surface area (TPSA) is 68.2 Å². The quantitative estimate of drug-likeness (QED) is 0.819. The van der Waals surface area contributed by atoms with Crippen LogP contribution in [-0.2, 0) is 20.0 Å². The van der Waals surface area contributed by atoms with E-state index in [0.717, 1.165) is 11.3 Å². The highest BCUT2D eigenvalue weighted by Gasteiger charge is 2.05. The third-order valence-corrected chi connectivity index (χ3v) is 3.20. The highest BCUT2D eigenvalue weighted by molar-refractivity contribution is 5.73. The van der Waals surface area contributed by atoms with Gasteiger partial charge in [0.1, 0.15) is 5.75 Å². The number of nitrogens with zero attached hydrogens (tertiary/aromatic N) is 2. The summed E-state index contributed by atoms with van der Waals surface area (Å²) in [6, 6.07) is 7.88. The normalized spacial score (nSPS) is 10.6. The Hall–Kier alpha value is -2.64. The number of carbonyl (C=O) groups excluding carboxylic acids is 1. The molecule has 6 nitrogen and oxygen atoms in total. The van der Waals surface area contributed by atoms with Gasteiger partial charge in [0.05, 0.1) is 12.2 Å². The number of carbonyl (C=O) groups is 1. The Balaban J connectivity index is 1.68. The number of alkyl halides is 2. The molecule has 1 heterocycles. The lowest BCUT2D eigenvalue weighted by Gasteiger charge is -2.08. The number of halogens is 2. The molecule has 124 valence electrons. The Bertz CT molecular complexity index is 629. The molecule has 0 aliphatic carbocycles. The maximum Gasteiger partial charge on any atom is 0.387 e. The van der Waals surface area contributed by atoms with Gasteiger partial charge < -0.3 is 15.4 Å². The highest BCUT2D eigenvalue weighted by atomic mass is 19.3. The van der Waals surface area contributed by atoms with Crippen LogP contribution in [0, 0.1) is 0 Å². The molecule has 0 aliphatic heterocycles. The molecule has 0 fully saturated rings. The Labute approximate surface area is 132 Å². The predicted molar refractivity (Wildman–Crippen MR) is 80.2 cm³/mol. The first kappa shape index (κ1) is 16.7. The third kappa shape index (κ3) is 5.57. The average molecular weight is 324 g/mol. The van der Waals surface area contributed by atoms with E-state index in [0.29, 0.717) is 19.5 Å². The van der Waals surface area contributed by atoms with E-state index in [4.69, 9.17) is 0 Å². The summed E-state index contributed by atoms with van der Waals surface area (Å²) in [4.78, 5) is 11.7. The van der Waals surface area contributed by atoms with Gasteiger partial charge in [-0.1, -0.05) is 12.1 Å². The monoisotopic (exact) mass is 324 g/mol. The van der Waals surface area contributed by atoms with Gasteiger partial charge in [0.15, 0.2) is 0 Å². The number of aryl methyl sites for hydroxylation is 1. The third-order valence-electron chi connectivity index (χ3n) is 3.20. The molecule has 0 unspecified atom stereocenters. The van der Waals surface area contributed by atoms with Crippen molar-refractivity contribution in [3.05, 3.63) is 47.8 Å². The first-order chi connectivity index (χ1) is 11.0. The fourth-order valence-electron chi connectivity index (χ4n) is 1.97. The van der Waals surface area contributed by atoms with Crippen LogP contribution in [0.4, 0.5) is 13.6 Å². The van der Waals surface area contributed by atoms with Crippen LogP contribution in [0.15, 0.2) is 36.5 Å². The molecule has 2 aromatic rings. The summed E-state index contributed by atoms with van der Waals surface area (Å²) >= 11 is 0. The summed E-state index contributed by atoms with van der Waals surface area (Å²) in [7, 11) is 1.80. The summed E-state index contributed by atoms with van der Waals surface area (Å²) in [5, 5.41) is 9.47. The number of ether oxygens (including phenoxy) is 1. The Morgan fingerprint density at radius 2 is 2.00 bits per heavy atom. The van der Waals surface area contributed by atoms with Crippen LogP contribution in [0.25, 0.3) is 0 Å². The van der Waals surface area contributed by atoms with Gasteiger partial charge in [-0.3, -0.25) is 4.68 Å². The Morgan fingerprint density at radius 3 is 2.61 bits per heavy atom. The van der Waals surface area contributed by atoms with Gasteiger partial charge in [-0.2, -0.15) is 13.9 Å². The summed E-state index contributed by atoms with van der Waals surface area (Å²) in [5.41, 5.74) is 1.81. The number of hydrogen-bond donors (Lipinski definition) is 2. The fourth-order valence-corrected chi connectivity index (χ4v) is 1.97. The molecule has 2 N–H and O–H groups in total. The zero-order valence-electron chi connectivity index (χ0n) is 12.6. The van der Waals surface area contributed by atoms with Crippen molar-refractivity contribution in [3.63, 3.8) is 0 Å². The summed E-state index contributed by atoms with van der Waals surface area (Å²) in [6.45, 7) is -2.00. The molecule has 1 aromatic heterocycles. The minimum absolute atomic E-state index is 0.116. The Kier molecular flexibility index (Phi) is 5.90. The maximum atomic E-state index is 12.0. The second-order valence-electron chi connectivity index (χ2n) is 4.83. The van der Waals surface area contributed by atoms with Gasteiger partial charge in [0.2, 0.25) is 0 Å². The molecule has 0 radical (unpaired) electrons. The largest absolute Gasteiger partial charge is 0.435 e. The number of aromatic nitrogens is 2. The average Bonchev–Trinajstić information content (AvgIpc) is 2.92. The van der Waals surface area contributed by atoms with Crippen molar-refractivity contribution in [2.45, 2.75) is 19.6 Å². The van der Waals surface area contributed by atoms with E-state index in [1.54, 1.807) is 30.1 Å². The second kappa shape index (κ2) is 8.11. The van der Waals surface area contributed by atoms with Crippen LogP contribution in [0.3, 0.4) is 0 Å². The van der Waals surface area contributed by atoms with Crippen LogP contribution >= 0.6 is 0 Å². The van der Waals surface area contributed by atoms with Crippen LogP contribution in [0.2, 0.25) is 0 Å². The van der Waals surface area contributed by atoms with E-state index in [1.807, 2.05) is 6.07 Å². The minimum Gasteiger partial charge on any atom is -0.435 e. The number of amides is 2. The predicted octanol–water partition coefficient (Wildman–Crippen LogP) is 2.06. The zero-order chi connectivity index (χ0) is 16.7. The first-order valence-electron chi connectivity index (χ1n) is 7.07. The molecule has 0 saturated carbocycles. The van der Waals surface area contributed by atoms with Crippen molar-refractivity contribution in [3.8, 4) is 5.75 Å². The van der Waals surface area contributed by atoms with Gasteiger partial charge >= 0.3 is 12.6 Å².